The first-order valence-electron chi connectivity index (χ1n) is 9.61. The van der Waals surface area contributed by atoms with Gasteiger partial charge in [-0.1, -0.05) is 26.7 Å². The fourth-order valence-corrected chi connectivity index (χ4v) is 5.11. The molecule has 3 atom stereocenters. The van der Waals surface area contributed by atoms with Gasteiger partial charge in [-0.05, 0) is 67.8 Å². The van der Waals surface area contributed by atoms with E-state index < -0.39 is 18.3 Å². The largest absolute Gasteiger partial charge is 0.247 e. The van der Waals surface area contributed by atoms with Gasteiger partial charge in [-0.3, -0.25) is 0 Å². The summed E-state index contributed by atoms with van der Waals surface area (Å²) in [5.41, 5.74) is 0.752. The quantitative estimate of drug-likeness (QED) is 0.538. The summed E-state index contributed by atoms with van der Waals surface area (Å²) in [6.45, 7) is 3.94. The number of allylic oxidation sites excluding steroid dienone is 2. The smallest absolute Gasteiger partial charge is 0.106 e. The molecule has 0 aromatic carbocycles. The first kappa shape index (κ1) is 17.4. The minimum absolute atomic E-state index is 0.0289. The van der Waals surface area contributed by atoms with Gasteiger partial charge in [0.1, 0.15) is 12.3 Å². The Bertz CT molecular complexity index is 424. The molecule has 0 radical (unpaired) electrons. The maximum atomic E-state index is 14.7. The molecule has 2 saturated carbocycles. The van der Waals surface area contributed by atoms with E-state index in [9.17, 15) is 13.2 Å². The summed E-state index contributed by atoms with van der Waals surface area (Å²) in [6, 6.07) is 0. The van der Waals surface area contributed by atoms with Crippen LogP contribution in [0, 0.1) is 29.6 Å². The monoisotopic (exact) mass is 328 g/mol. The van der Waals surface area contributed by atoms with Gasteiger partial charge in [0, 0.05) is 12.3 Å². The first-order chi connectivity index (χ1) is 11.0. The summed E-state index contributed by atoms with van der Waals surface area (Å²) in [7, 11) is 0. The van der Waals surface area contributed by atoms with E-state index in [1.807, 2.05) is 0 Å². The molecule has 3 heteroatoms. The molecule has 0 heterocycles. The van der Waals surface area contributed by atoms with Crippen molar-refractivity contribution in [2.75, 3.05) is 0 Å². The van der Waals surface area contributed by atoms with Gasteiger partial charge in [0.25, 0.3) is 0 Å². The Labute approximate surface area is 138 Å². The molecule has 0 bridgehead atoms. The molecule has 0 amide bonds. The zero-order valence-corrected chi connectivity index (χ0v) is 14.5. The van der Waals surface area contributed by atoms with Crippen LogP contribution in [0.3, 0.4) is 0 Å². The summed E-state index contributed by atoms with van der Waals surface area (Å²) < 4.78 is 42.7. The Morgan fingerprint density at radius 3 is 2.00 bits per heavy atom. The molecule has 2 fully saturated rings. The third-order valence-corrected chi connectivity index (χ3v) is 6.95. The van der Waals surface area contributed by atoms with Gasteiger partial charge in [0.15, 0.2) is 0 Å². The van der Waals surface area contributed by atoms with Gasteiger partial charge in [0.05, 0.1) is 5.83 Å². The van der Waals surface area contributed by atoms with Crippen LogP contribution in [0.2, 0.25) is 0 Å². The number of hydrogen-bond donors (Lipinski definition) is 0. The predicted octanol–water partition coefficient (Wildman–Crippen LogP) is 6.56. The zero-order chi connectivity index (χ0) is 16.6. The Balaban J connectivity index is 1.63. The van der Waals surface area contributed by atoms with E-state index in [4.69, 9.17) is 0 Å². The summed E-state index contributed by atoms with van der Waals surface area (Å²) in [4.78, 5) is 0. The highest BCUT2D eigenvalue weighted by atomic mass is 19.1. The Kier molecular flexibility index (Phi) is 5.42. The molecule has 3 aliphatic rings. The fraction of sp³-hybridized carbons (Fsp3) is 0.900. The molecule has 0 aromatic rings. The standard InChI is InChI=1S/C20H31F3/c1-12-3-5-14(6-4-12)15-7-8-17(20(23)9-15)16-10-18(21)13(2)19(22)11-16/h12-16,18-19H,3-11H2,1-2H3. The molecule has 23 heavy (non-hydrogen) atoms. The van der Waals surface area contributed by atoms with Crippen LogP contribution in [0.1, 0.15) is 71.6 Å². The second kappa shape index (κ2) is 7.19. The van der Waals surface area contributed by atoms with E-state index in [1.165, 1.54) is 25.7 Å². The van der Waals surface area contributed by atoms with Gasteiger partial charge in [0.2, 0.25) is 0 Å². The number of hydrogen-bond acceptors (Lipinski definition) is 0. The van der Waals surface area contributed by atoms with Gasteiger partial charge >= 0.3 is 0 Å². The van der Waals surface area contributed by atoms with Crippen LogP contribution >= 0.6 is 0 Å². The summed E-state index contributed by atoms with van der Waals surface area (Å²) in [5, 5.41) is 0. The third kappa shape index (κ3) is 3.79. The van der Waals surface area contributed by atoms with E-state index >= 15 is 0 Å². The lowest BCUT2D eigenvalue weighted by Gasteiger charge is -2.38. The molecule has 0 nitrogen and oxygen atoms in total. The number of alkyl halides is 2. The molecule has 0 saturated heterocycles. The van der Waals surface area contributed by atoms with Gasteiger partial charge in [-0.15, -0.1) is 0 Å². The maximum Gasteiger partial charge on any atom is 0.106 e. The lowest BCUT2D eigenvalue weighted by molar-refractivity contribution is 0.0613. The van der Waals surface area contributed by atoms with Crippen LogP contribution in [-0.4, -0.2) is 12.3 Å². The number of rotatable bonds is 2. The maximum absolute atomic E-state index is 14.7. The molecule has 0 spiro atoms. The molecule has 0 N–H and O–H groups in total. The van der Waals surface area contributed by atoms with Crippen molar-refractivity contribution < 1.29 is 13.2 Å². The average molecular weight is 328 g/mol. The highest BCUT2D eigenvalue weighted by Gasteiger charge is 2.39. The summed E-state index contributed by atoms with van der Waals surface area (Å²) in [6.07, 6.45) is 5.65. The van der Waals surface area contributed by atoms with E-state index in [2.05, 4.69) is 6.92 Å². The van der Waals surface area contributed by atoms with Crippen molar-refractivity contribution in [1.29, 1.82) is 0 Å². The van der Waals surface area contributed by atoms with Crippen molar-refractivity contribution in [2.24, 2.45) is 29.6 Å². The van der Waals surface area contributed by atoms with Crippen molar-refractivity contribution in [3.8, 4) is 0 Å². The molecule has 3 unspecified atom stereocenters. The van der Waals surface area contributed by atoms with Crippen LogP contribution in [0.15, 0.2) is 11.4 Å². The van der Waals surface area contributed by atoms with E-state index in [0.29, 0.717) is 31.1 Å². The highest BCUT2D eigenvalue weighted by molar-refractivity contribution is 5.18. The lowest BCUT2D eigenvalue weighted by Crippen LogP contribution is -2.35. The van der Waals surface area contributed by atoms with E-state index in [1.54, 1.807) is 6.92 Å². The minimum Gasteiger partial charge on any atom is -0.247 e. The van der Waals surface area contributed by atoms with Crippen LogP contribution in [0.5, 0.6) is 0 Å². The summed E-state index contributed by atoms with van der Waals surface area (Å²) in [5.74, 6) is 1.17. The lowest BCUT2D eigenvalue weighted by atomic mass is 9.68. The Morgan fingerprint density at radius 1 is 0.826 bits per heavy atom. The number of halogens is 3. The van der Waals surface area contributed by atoms with Crippen LogP contribution in [0.4, 0.5) is 13.2 Å². The second-order valence-electron chi connectivity index (χ2n) is 8.51. The Morgan fingerprint density at radius 2 is 1.43 bits per heavy atom. The molecule has 0 aromatic heterocycles. The molecule has 3 aliphatic carbocycles. The molecule has 132 valence electrons. The summed E-state index contributed by atoms with van der Waals surface area (Å²) >= 11 is 0. The van der Waals surface area contributed by atoms with Crippen LogP contribution in [-0.2, 0) is 0 Å². The van der Waals surface area contributed by atoms with Crippen LogP contribution in [0.25, 0.3) is 0 Å². The Hall–Kier alpha value is -0.470. The van der Waals surface area contributed by atoms with Gasteiger partial charge in [-0.2, -0.15) is 0 Å². The van der Waals surface area contributed by atoms with Crippen molar-refractivity contribution in [1.82, 2.24) is 0 Å². The molecular weight excluding hydrogens is 297 g/mol. The van der Waals surface area contributed by atoms with Crippen molar-refractivity contribution >= 4 is 0 Å². The second-order valence-corrected chi connectivity index (χ2v) is 8.51. The molecule has 0 aliphatic heterocycles. The third-order valence-electron chi connectivity index (χ3n) is 6.95. The SMILES string of the molecule is CC1CCC(C2CCC(C3CC(F)C(C)C(F)C3)=C(F)C2)CC1. The van der Waals surface area contributed by atoms with Gasteiger partial charge < -0.3 is 0 Å². The normalized spacial score (nSPS) is 46.0. The molecule has 3 rings (SSSR count). The highest BCUT2D eigenvalue weighted by Crippen LogP contribution is 2.46. The van der Waals surface area contributed by atoms with E-state index in [-0.39, 0.29) is 11.7 Å². The van der Waals surface area contributed by atoms with Crippen molar-refractivity contribution in [3.05, 3.63) is 11.4 Å². The molecular formula is C20H31F3. The fourth-order valence-electron chi connectivity index (χ4n) is 5.11. The van der Waals surface area contributed by atoms with Gasteiger partial charge in [-0.25, -0.2) is 13.2 Å². The average Bonchev–Trinajstić information content (AvgIpc) is 2.53. The first-order valence-corrected chi connectivity index (χ1v) is 9.61. The van der Waals surface area contributed by atoms with E-state index in [0.717, 1.165) is 24.3 Å². The topological polar surface area (TPSA) is 0 Å². The minimum atomic E-state index is -1.12. The van der Waals surface area contributed by atoms with Crippen LogP contribution < -0.4 is 0 Å². The predicted molar refractivity (Wildman–Crippen MR) is 88.3 cm³/mol. The van der Waals surface area contributed by atoms with Crippen molar-refractivity contribution in [3.63, 3.8) is 0 Å². The van der Waals surface area contributed by atoms with Crippen molar-refractivity contribution in [2.45, 2.75) is 84.0 Å². The zero-order valence-electron chi connectivity index (χ0n) is 14.5.